The van der Waals surface area contributed by atoms with E-state index in [2.05, 4.69) is 6.07 Å². The first-order valence-corrected chi connectivity index (χ1v) is 6.18. The van der Waals surface area contributed by atoms with Crippen LogP contribution < -0.4 is 4.90 Å². The summed E-state index contributed by atoms with van der Waals surface area (Å²) in [7, 11) is 0. The van der Waals surface area contributed by atoms with Crippen molar-refractivity contribution in [1.82, 2.24) is 4.90 Å². The van der Waals surface area contributed by atoms with Crippen LogP contribution in [0, 0.1) is 32.8 Å². The van der Waals surface area contributed by atoms with Crippen LogP contribution in [-0.4, -0.2) is 42.5 Å². The molecule has 0 unspecified atom stereocenters. The molecule has 1 aromatic rings. The van der Waals surface area contributed by atoms with E-state index in [1.54, 1.807) is 6.07 Å². The van der Waals surface area contributed by atoms with Crippen molar-refractivity contribution in [3.05, 3.63) is 33.9 Å². The minimum absolute atomic E-state index is 0.0755. The zero-order valence-corrected chi connectivity index (χ0v) is 10.8. The second kappa shape index (κ2) is 6.00. The average Bonchev–Trinajstić information content (AvgIpc) is 2.47. The summed E-state index contributed by atoms with van der Waals surface area (Å²) in [6.07, 6.45) is 0. The van der Waals surface area contributed by atoms with Crippen molar-refractivity contribution in [3.63, 3.8) is 0 Å². The Morgan fingerprint density at radius 3 is 2.50 bits per heavy atom. The molecule has 7 nitrogen and oxygen atoms in total. The lowest BCUT2D eigenvalue weighted by Gasteiger charge is -2.35. The zero-order chi connectivity index (χ0) is 14.5. The van der Waals surface area contributed by atoms with E-state index in [1.165, 1.54) is 12.1 Å². The lowest BCUT2D eigenvalue weighted by Crippen LogP contribution is -2.46. The lowest BCUT2D eigenvalue weighted by atomic mass is 10.1. The quantitative estimate of drug-likeness (QED) is 0.464. The fraction of sp³-hybridized carbons (Fsp3) is 0.385. The Hall–Kier alpha value is -2.64. The molecule has 0 atom stereocenters. The number of anilines is 1. The highest BCUT2D eigenvalue weighted by Gasteiger charge is 2.20. The van der Waals surface area contributed by atoms with Gasteiger partial charge in [-0.2, -0.15) is 10.5 Å². The molecule has 1 aliphatic rings. The molecule has 102 valence electrons. The normalized spacial score (nSPS) is 15.4. The van der Waals surface area contributed by atoms with Gasteiger partial charge in [-0.15, -0.1) is 0 Å². The third-order valence-electron chi connectivity index (χ3n) is 3.32. The molecule has 0 spiro atoms. The fourth-order valence-corrected chi connectivity index (χ4v) is 2.25. The third-order valence-corrected chi connectivity index (χ3v) is 3.32. The molecule has 0 radical (unpaired) electrons. The van der Waals surface area contributed by atoms with E-state index < -0.39 is 4.92 Å². The van der Waals surface area contributed by atoms with Crippen LogP contribution in [0.4, 0.5) is 11.4 Å². The summed E-state index contributed by atoms with van der Waals surface area (Å²) in [4.78, 5) is 14.3. The summed E-state index contributed by atoms with van der Waals surface area (Å²) >= 11 is 0. The van der Waals surface area contributed by atoms with Gasteiger partial charge in [0.25, 0.3) is 5.69 Å². The molecule has 7 heteroatoms. The molecule has 0 N–H and O–H groups in total. The maximum Gasteiger partial charge on any atom is 0.270 e. The second-order valence-electron chi connectivity index (χ2n) is 4.49. The van der Waals surface area contributed by atoms with Gasteiger partial charge in [-0.1, -0.05) is 0 Å². The van der Waals surface area contributed by atoms with Crippen LogP contribution in [0.1, 0.15) is 5.56 Å². The van der Waals surface area contributed by atoms with Gasteiger partial charge in [0.1, 0.15) is 6.07 Å². The number of benzene rings is 1. The van der Waals surface area contributed by atoms with E-state index in [1.807, 2.05) is 15.9 Å². The van der Waals surface area contributed by atoms with Gasteiger partial charge in [0.2, 0.25) is 0 Å². The molecule has 1 saturated heterocycles. The molecular formula is C13H13N5O2. The number of nitriles is 2. The highest BCUT2D eigenvalue weighted by Crippen LogP contribution is 2.25. The molecule has 0 amide bonds. The summed E-state index contributed by atoms with van der Waals surface area (Å²) in [5, 5.41) is 28.5. The Morgan fingerprint density at radius 2 is 1.95 bits per heavy atom. The number of nitrogens with zero attached hydrogens (tertiary/aromatic N) is 5. The maximum absolute atomic E-state index is 10.7. The molecule has 20 heavy (non-hydrogen) atoms. The minimum Gasteiger partial charge on any atom is -0.368 e. The van der Waals surface area contributed by atoms with Gasteiger partial charge < -0.3 is 4.90 Å². The third kappa shape index (κ3) is 2.85. The number of nitro groups is 1. The number of rotatable bonds is 3. The van der Waals surface area contributed by atoms with Crippen LogP contribution in [0.5, 0.6) is 0 Å². The van der Waals surface area contributed by atoms with Crippen LogP contribution in [0.3, 0.4) is 0 Å². The van der Waals surface area contributed by atoms with E-state index in [0.717, 1.165) is 18.8 Å². The molecule has 2 rings (SSSR count). The summed E-state index contributed by atoms with van der Waals surface area (Å²) < 4.78 is 0. The predicted octanol–water partition coefficient (Wildman–Crippen LogP) is 1.11. The van der Waals surface area contributed by atoms with Gasteiger partial charge in [0, 0.05) is 38.3 Å². The Labute approximate surface area is 116 Å². The van der Waals surface area contributed by atoms with Crippen LogP contribution in [0.2, 0.25) is 0 Å². The summed E-state index contributed by atoms with van der Waals surface area (Å²) in [6.45, 7) is 3.30. The molecule has 0 aromatic heterocycles. The Morgan fingerprint density at radius 1 is 1.25 bits per heavy atom. The van der Waals surface area contributed by atoms with Crippen molar-refractivity contribution in [1.29, 1.82) is 10.5 Å². The first-order chi connectivity index (χ1) is 9.65. The van der Waals surface area contributed by atoms with E-state index in [4.69, 9.17) is 10.5 Å². The van der Waals surface area contributed by atoms with E-state index in [0.29, 0.717) is 25.2 Å². The van der Waals surface area contributed by atoms with Crippen molar-refractivity contribution in [2.45, 2.75) is 0 Å². The highest BCUT2D eigenvalue weighted by atomic mass is 16.6. The van der Waals surface area contributed by atoms with Crippen molar-refractivity contribution < 1.29 is 4.92 Å². The smallest absolute Gasteiger partial charge is 0.270 e. The molecule has 1 fully saturated rings. The van der Waals surface area contributed by atoms with Crippen molar-refractivity contribution in [2.75, 3.05) is 37.6 Å². The lowest BCUT2D eigenvalue weighted by molar-refractivity contribution is -0.384. The van der Waals surface area contributed by atoms with Gasteiger partial charge in [-0.25, -0.2) is 0 Å². The molecule has 1 aromatic carbocycles. The molecule has 0 aliphatic carbocycles. The summed E-state index contributed by atoms with van der Waals surface area (Å²) in [6, 6.07) is 8.47. The average molecular weight is 271 g/mol. The number of hydrogen-bond donors (Lipinski definition) is 0. The van der Waals surface area contributed by atoms with Crippen LogP contribution in [0.25, 0.3) is 0 Å². The van der Waals surface area contributed by atoms with Gasteiger partial charge >= 0.3 is 0 Å². The largest absolute Gasteiger partial charge is 0.368 e. The minimum atomic E-state index is -0.504. The number of nitro benzene ring substituents is 1. The van der Waals surface area contributed by atoms with E-state index in [-0.39, 0.29) is 5.69 Å². The van der Waals surface area contributed by atoms with Crippen molar-refractivity contribution in [2.24, 2.45) is 0 Å². The number of hydrogen-bond acceptors (Lipinski definition) is 6. The van der Waals surface area contributed by atoms with Crippen LogP contribution in [0.15, 0.2) is 18.2 Å². The SMILES string of the molecule is N#CCN1CCN(c2ccc([N+](=O)[O-])cc2C#N)CC1. The topological polar surface area (TPSA) is 97.2 Å². The fourth-order valence-electron chi connectivity index (χ4n) is 2.25. The molecule has 0 bridgehead atoms. The predicted molar refractivity (Wildman–Crippen MR) is 72.1 cm³/mol. The molecule has 1 heterocycles. The Bertz CT molecular complexity index is 594. The van der Waals surface area contributed by atoms with Crippen LogP contribution in [-0.2, 0) is 0 Å². The first kappa shape index (κ1) is 13.8. The van der Waals surface area contributed by atoms with E-state index in [9.17, 15) is 10.1 Å². The Kier molecular flexibility index (Phi) is 4.14. The highest BCUT2D eigenvalue weighted by molar-refractivity contribution is 5.63. The molecular weight excluding hydrogens is 258 g/mol. The maximum atomic E-state index is 10.7. The zero-order valence-electron chi connectivity index (χ0n) is 10.8. The molecule has 0 saturated carbocycles. The standard InChI is InChI=1S/C13H13N5O2/c14-3-4-16-5-7-17(8-6-16)13-2-1-12(18(19)20)9-11(13)10-15/h1-2,9H,4-8H2. The van der Waals surface area contributed by atoms with Gasteiger partial charge in [-0.05, 0) is 6.07 Å². The summed E-state index contributed by atoms with van der Waals surface area (Å²) in [5.74, 6) is 0. The Balaban J connectivity index is 2.16. The monoisotopic (exact) mass is 271 g/mol. The summed E-state index contributed by atoms with van der Waals surface area (Å²) in [5.41, 5.74) is 0.955. The molecule has 1 aliphatic heterocycles. The number of non-ortho nitro benzene ring substituents is 1. The van der Waals surface area contributed by atoms with E-state index >= 15 is 0 Å². The van der Waals surface area contributed by atoms with Gasteiger partial charge in [0.15, 0.2) is 0 Å². The van der Waals surface area contributed by atoms with Gasteiger partial charge in [-0.3, -0.25) is 15.0 Å². The number of piperazine rings is 1. The van der Waals surface area contributed by atoms with Crippen molar-refractivity contribution in [3.8, 4) is 12.1 Å². The first-order valence-electron chi connectivity index (χ1n) is 6.18. The van der Waals surface area contributed by atoms with Crippen molar-refractivity contribution >= 4 is 11.4 Å². The van der Waals surface area contributed by atoms with Crippen LogP contribution >= 0.6 is 0 Å². The van der Waals surface area contributed by atoms with Gasteiger partial charge in [0.05, 0.1) is 28.8 Å². The second-order valence-corrected chi connectivity index (χ2v) is 4.49.